The highest BCUT2D eigenvalue weighted by Crippen LogP contribution is 2.29. The van der Waals surface area contributed by atoms with E-state index in [4.69, 9.17) is 0 Å². The number of rotatable bonds is 8. The molecule has 0 atom stereocenters. The van der Waals surface area contributed by atoms with Crippen LogP contribution >= 0.6 is 11.8 Å². The van der Waals surface area contributed by atoms with Crippen LogP contribution in [0.3, 0.4) is 0 Å². The van der Waals surface area contributed by atoms with Gasteiger partial charge in [0, 0.05) is 30.1 Å². The Hall–Kier alpha value is -0.810. The van der Waals surface area contributed by atoms with Crippen molar-refractivity contribution in [3.8, 4) is 0 Å². The van der Waals surface area contributed by atoms with Crippen molar-refractivity contribution in [3.63, 3.8) is 0 Å². The first-order valence-electron chi connectivity index (χ1n) is 9.04. The molecule has 0 spiro atoms. The summed E-state index contributed by atoms with van der Waals surface area (Å²) in [5.41, 5.74) is 2.56. The van der Waals surface area contributed by atoms with Crippen LogP contribution in [0.2, 0.25) is 0 Å². The smallest absolute Gasteiger partial charge is 0.302 e. The van der Waals surface area contributed by atoms with Crippen molar-refractivity contribution in [2.45, 2.75) is 64.9 Å². The molecule has 23 heavy (non-hydrogen) atoms. The molecule has 4 nitrogen and oxygen atoms in total. The number of hydrogen-bond donors (Lipinski definition) is 0. The standard InChI is InChI=1S/C18H31N3OS/c1-5-20(6-2)11-12-21-16-10-8-7-9-15(16)17(19-18(21)22)23-13-14(3)4/h14H,5-13H2,1-4H3. The molecule has 0 N–H and O–H groups in total. The van der Waals surface area contributed by atoms with Crippen molar-refractivity contribution in [3.05, 3.63) is 21.7 Å². The molecule has 0 bridgehead atoms. The molecule has 1 aromatic heterocycles. The summed E-state index contributed by atoms with van der Waals surface area (Å²) in [5, 5.41) is 0.998. The molecule has 0 amide bonds. The first-order valence-corrected chi connectivity index (χ1v) is 10.0. The van der Waals surface area contributed by atoms with E-state index in [-0.39, 0.29) is 5.69 Å². The van der Waals surface area contributed by atoms with Crippen molar-refractivity contribution in [2.24, 2.45) is 5.92 Å². The third-order valence-electron chi connectivity index (χ3n) is 4.54. The highest BCUT2D eigenvalue weighted by atomic mass is 32.2. The van der Waals surface area contributed by atoms with Crippen LogP contribution in [0.5, 0.6) is 0 Å². The molecule has 1 aliphatic rings. The molecule has 2 rings (SSSR count). The normalized spacial score (nSPS) is 14.5. The molecule has 1 aromatic rings. The average Bonchev–Trinajstić information content (AvgIpc) is 2.55. The molecule has 0 saturated heterocycles. The molecule has 0 radical (unpaired) electrons. The van der Waals surface area contributed by atoms with E-state index in [1.165, 1.54) is 24.1 Å². The van der Waals surface area contributed by atoms with E-state index in [1.54, 1.807) is 11.8 Å². The number of nitrogens with zero attached hydrogens (tertiary/aromatic N) is 3. The molecular weight excluding hydrogens is 306 g/mol. The van der Waals surface area contributed by atoms with Gasteiger partial charge in [-0.15, -0.1) is 11.8 Å². The fraction of sp³-hybridized carbons (Fsp3) is 0.778. The second kappa shape index (κ2) is 8.88. The highest BCUT2D eigenvalue weighted by molar-refractivity contribution is 7.99. The molecule has 0 aromatic carbocycles. The number of thioether (sulfide) groups is 1. The number of hydrogen-bond acceptors (Lipinski definition) is 4. The molecule has 0 aliphatic heterocycles. The summed E-state index contributed by atoms with van der Waals surface area (Å²) in [6.45, 7) is 12.5. The van der Waals surface area contributed by atoms with Crippen LogP contribution in [0.15, 0.2) is 9.82 Å². The van der Waals surface area contributed by atoms with Crippen LogP contribution in [0.25, 0.3) is 0 Å². The molecule has 130 valence electrons. The van der Waals surface area contributed by atoms with Gasteiger partial charge < -0.3 is 4.90 Å². The van der Waals surface area contributed by atoms with Crippen molar-refractivity contribution >= 4 is 11.8 Å². The zero-order chi connectivity index (χ0) is 16.8. The van der Waals surface area contributed by atoms with Crippen LogP contribution in [0.1, 0.15) is 51.8 Å². The minimum atomic E-state index is -0.0518. The zero-order valence-electron chi connectivity index (χ0n) is 15.1. The summed E-state index contributed by atoms with van der Waals surface area (Å²) in [7, 11) is 0. The number of fused-ring (bicyclic) bond motifs is 1. The second-order valence-corrected chi connectivity index (χ2v) is 7.72. The van der Waals surface area contributed by atoms with Gasteiger partial charge in [0.25, 0.3) is 0 Å². The molecule has 5 heteroatoms. The van der Waals surface area contributed by atoms with Crippen LogP contribution in [0.4, 0.5) is 0 Å². The van der Waals surface area contributed by atoms with Gasteiger partial charge in [-0.25, -0.2) is 4.79 Å². The maximum Gasteiger partial charge on any atom is 0.348 e. The third-order valence-corrected chi connectivity index (χ3v) is 5.98. The lowest BCUT2D eigenvalue weighted by atomic mass is 9.97. The summed E-state index contributed by atoms with van der Waals surface area (Å²) in [6, 6.07) is 0. The summed E-state index contributed by atoms with van der Waals surface area (Å²) >= 11 is 1.76. The van der Waals surface area contributed by atoms with Gasteiger partial charge >= 0.3 is 5.69 Å². The Balaban J connectivity index is 2.27. The van der Waals surface area contributed by atoms with E-state index >= 15 is 0 Å². The Kier molecular flexibility index (Phi) is 7.15. The second-order valence-electron chi connectivity index (χ2n) is 6.72. The summed E-state index contributed by atoms with van der Waals surface area (Å²) in [4.78, 5) is 19.4. The average molecular weight is 338 g/mol. The minimum absolute atomic E-state index is 0.0518. The van der Waals surface area contributed by atoms with E-state index in [0.29, 0.717) is 5.92 Å². The van der Waals surface area contributed by atoms with E-state index in [9.17, 15) is 4.79 Å². The van der Waals surface area contributed by atoms with Gasteiger partial charge in [0.05, 0.1) is 0 Å². The van der Waals surface area contributed by atoms with Gasteiger partial charge in [-0.2, -0.15) is 4.98 Å². The zero-order valence-corrected chi connectivity index (χ0v) is 15.9. The van der Waals surface area contributed by atoms with Gasteiger partial charge in [0.15, 0.2) is 0 Å². The molecule has 1 aliphatic carbocycles. The predicted molar refractivity (Wildman–Crippen MR) is 98.5 cm³/mol. The van der Waals surface area contributed by atoms with Crippen LogP contribution in [-0.2, 0) is 19.4 Å². The Morgan fingerprint density at radius 2 is 1.91 bits per heavy atom. The van der Waals surface area contributed by atoms with Crippen molar-refractivity contribution in [1.82, 2.24) is 14.5 Å². The van der Waals surface area contributed by atoms with Gasteiger partial charge in [0.1, 0.15) is 5.03 Å². The Bertz CT molecular complexity index is 564. The minimum Gasteiger partial charge on any atom is -0.302 e. The maximum absolute atomic E-state index is 12.6. The molecule has 0 fully saturated rings. The molecule has 1 heterocycles. The van der Waals surface area contributed by atoms with Crippen molar-refractivity contribution < 1.29 is 0 Å². The highest BCUT2D eigenvalue weighted by Gasteiger charge is 2.20. The van der Waals surface area contributed by atoms with Crippen LogP contribution in [0, 0.1) is 5.92 Å². The molecular formula is C18H31N3OS. The lowest BCUT2D eigenvalue weighted by Crippen LogP contribution is -2.35. The van der Waals surface area contributed by atoms with Crippen molar-refractivity contribution in [2.75, 3.05) is 25.4 Å². The first kappa shape index (κ1) is 18.5. The summed E-state index contributed by atoms with van der Waals surface area (Å²) in [6.07, 6.45) is 4.52. The van der Waals surface area contributed by atoms with Gasteiger partial charge in [-0.3, -0.25) is 4.57 Å². The van der Waals surface area contributed by atoms with Crippen LogP contribution < -0.4 is 5.69 Å². The lowest BCUT2D eigenvalue weighted by Gasteiger charge is -2.25. The monoisotopic (exact) mass is 337 g/mol. The lowest BCUT2D eigenvalue weighted by molar-refractivity contribution is 0.285. The summed E-state index contributed by atoms with van der Waals surface area (Å²) in [5.74, 6) is 1.65. The Morgan fingerprint density at radius 3 is 2.57 bits per heavy atom. The van der Waals surface area contributed by atoms with Crippen LogP contribution in [-0.4, -0.2) is 39.8 Å². The van der Waals surface area contributed by atoms with Gasteiger partial charge in [-0.1, -0.05) is 27.7 Å². The molecule has 0 saturated carbocycles. The fourth-order valence-electron chi connectivity index (χ4n) is 3.12. The number of likely N-dealkylation sites (N-methyl/N-ethyl adjacent to an activating group) is 1. The molecule has 0 unspecified atom stereocenters. The SMILES string of the molecule is CCN(CC)CCn1c2c(c(SCC(C)C)nc1=O)CCCC2. The van der Waals surface area contributed by atoms with E-state index in [2.05, 4.69) is 37.6 Å². The quantitative estimate of drug-likeness (QED) is 0.539. The van der Waals surface area contributed by atoms with Gasteiger partial charge in [-0.05, 0) is 44.7 Å². The third kappa shape index (κ3) is 4.83. The maximum atomic E-state index is 12.6. The first-order chi connectivity index (χ1) is 11.1. The Morgan fingerprint density at radius 1 is 1.22 bits per heavy atom. The predicted octanol–water partition coefficient (Wildman–Crippen LogP) is 3.21. The van der Waals surface area contributed by atoms with Gasteiger partial charge in [0.2, 0.25) is 0 Å². The largest absolute Gasteiger partial charge is 0.348 e. The van der Waals surface area contributed by atoms with Crippen molar-refractivity contribution in [1.29, 1.82) is 0 Å². The van der Waals surface area contributed by atoms with E-state index in [0.717, 1.165) is 49.8 Å². The Labute approximate surface area is 144 Å². The summed E-state index contributed by atoms with van der Waals surface area (Å²) < 4.78 is 1.95. The number of aromatic nitrogens is 2. The van der Waals surface area contributed by atoms with E-state index in [1.807, 2.05) is 4.57 Å². The topological polar surface area (TPSA) is 38.1 Å². The fourth-order valence-corrected chi connectivity index (χ4v) is 4.15. The van der Waals surface area contributed by atoms with E-state index < -0.39 is 0 Å².